The smallest absolute Gasteiger partial charge is 0.226 e. The van der Waals surface area contributed by atoms with Gasteiger partial charge in [-0.05, 0) is 31.9 Å². The second-order valence-corrected chi connectivity index (χ2v) is 7.82. The van der Waals surface area contributed by atoms with E-state index in [2.05, 4.69) is 40.2 Å². The predicted molar refractivity (Wildman–Crippen MR) is 98.6 cm³/mol. The molecule has 0 aliphatic carbocycles. The van der Waals surface area contributed by atoms with Crippen molar-refractivity contribution in [3.05, 3.63) is 24.3 Å². The molecular weight excluding hydrogens is 320 g/mol. The zero-order valence-corrected chi connectivity index (χ0v) is 14.9. The molecule has 0 saturated carbocycles. The number of aromatic nitrogens is 1. The number of hydrogen-bond acceptors (Lipinski definition) is 5. The summed E-state index contributed by atoms with van der Waals surface area (Å²) in [5.74, 6) is 0.532. The number of benzene rings is 1. The summed E-state index contributed by atoms with van der Waals surface area (Å²) in [6.45, 7) is 6.67. The second kappa shape index (κ2) is 6.69. The van der Waals surface area contributed by atoms with Gasteiger partial charge in [-0.25, -0.2) is 4.98 Å². The highest BCUT2D eigenvalue weighted by Crippen LogP contribution is 2.31. The number of para-hydroxylation sites is 1. The van der Waals surface area contributed by atoms with Crippen molar-refractivity contribution in [1.82, 2.24) is 15.2 Å². The molecule has 2 aliphatic rings. The molecule has 1 amide bonds. The van der Waals surface area contributed by atoms with Crippen LogP contribution >= 0.6 is 11.3 Å². The van der Waals surface area contributed by atoms with E-state index in [1.165, 1.54) is 4.70 Å². The number of amides is 1. The fraction of sp³-hybridized carbons (Fsp3) is 0.556. The number of hydrogen-bond donors (Lipinski definition) is 1. The first-order valence-corrected chi connectivity index (χ1v) is 9.66. The molecule has 2 fully saturated rings. The molecule has 0 spiro atoms. The fourth-order valence-electron chi connectivity index (χ4n) is 3.72. The molecule has 0 bridgehead atoms. The van der Waals surface area contributed by atoms with E-state index in [1.54, 1.807) is 11.3 Å². The van der Waals surface area contributed by atoms with Gasteiger partial charge in [-0.2, -0.15) is 0 Å². The van der Waals surface area contributed by atoms with Crippen molar-refractivity contribution in [3.8, 4) is 0 Å². The molecule has 24 heavy (non-hydrogen) atoms. The van der Waals surface area contributed by atoms with Crippen molar-refractivity contribution in [1.29, 1.82) is 0 Å². The van der Waals surface area contributed by atoms with Gasteiger partial charge in [0.25, 0.3) is 0 Å². The third-order valence-corrected chi connectivity index (χ3v) is 6.28. The number of thiazole rings is 1. The third-order valence-electron chi connectivity index (χ3n) is 5.18. The lowest BCUT2D eigenvalue weighted by Crippen LogP contribution is -2.54. The van der Waals surface area contributed by atoms with Crippen LogP contribution in [-0.2, 0) is 4.79 Å². The molecule has 6 heteroatoms. The van der Waals surface area contributed by atoms with E-state index in [4.69, 9.17) is 4.98 Å². The summed E-state index contributed by atoms with van der Waals surface area (Å²) in [5.41, 5.74) is 1.07. The average Bonchev–Trinajstić information content (AvgIpc) is 3.06. The highest BCUT2D eigenvalue weighted by Gasteiger charge is 2.32. The Morgan fingerprint density at radius 3 is 2.79 bits per heavy atom. The maximum Gasteiger partial charge on any atom is 0.226 e. The first-order valence-electron chi connectivity index (χ1n) is 8.84. The molecule has 1 aromatic carbocycles. The lowest BCUT2D eigenvalue weighted by molar-refractivity contribution is -0.139. The number of fused-ring (bicyclic) bond motifs is 1. The van der Waals surface area contributed by atoms with Crippen LogP contribution < -0.4 is 10.2 Å². The van der Waals surface area contributed by atoms with Gasteiger partial charge in [0.05, 0.1) is 10.2 Å². The van der Waals surface area contributed by atoms with Gasteiger partial charge in [0, 0.05) is 44.7 Å². The van der Waals surface area contributed by atoms with Crippen LogP contribution in [0.15, 0.2) is 24.3 Å². The largest absolute Gasteiger partial charge is 0.348 e. The quantitative estimate of drug-likeness (QED) is 0.908. The molecule has 2 aromatic rings. The van der Waals surface area contributed by atoms with E-state index >= 15 is 0 Å². The standard InChI is InChI=1S/C18H24N4OS/c1-13-12-19-8-11-22(13)17(23)14-6-9-21(10-7-14)18-20-15-4-2-3-5-16(15)24-18/h2-5,13-14,19H,6-12H2,1H3/t13-/m0/s1. The van der Waals surface area contributed by atoms with E-state index in [0.717, 1.165) is 56.2 Å². The molecule has 0 radical (unpaired) electrons. The summed E-state index contributed by atoms with van der Waals surface area (Å²) in [6.07, 6.45) is 1.87. The molecule has 3 heterocycles. The first kappa shape index (κ1) is 15.8. The van der Waals surface area contributed by atoms with Gasteiger partial charge in [-0.3, -0.25) is 4.79 Å². The van der Waals surface area contributed by atoms with Crippen LogP contribution in [0.2, 0.25) is 0 Å². The van der Waals surface area contributed by atoms with E-state index < -0.39 is 0 Å². The number of carbonyl (C=O) groups is 1. The van der Waals surface area contributed by atoms with Gasteiger partial charge in [0.1, 0.15) is 0 Å². The fourth-order valence-corrected chi connectivity index (χ4v) is 4.73. The van der Waals surface area contributed by atoms with Gasteiger partial charge >= 0.3 is 0 Å². The molecule has 2 saturated heterocycles. The summed E-state index contributed by atoms with van der Waals surface area (Å²) in [6, 6.07) is 8.60. The van der Waals surface area contributed by atoms with Crippen LogP contribution in [0.25, 0.3) is 10.2 Å². The van der Waals surface area contributed by atoms with Crippen LogP contribution in [0.3, 0.4) is 0 Å². The van der Waals surface area contributed by atoms with Crippen LogP contribution in [-0.4, -0.2) is 54.6 Å². The maximum atomic E-state index is 12.8. The molecule has 128 valence electrons. The van der Waals surface area contributed by atoms with Crippen molar-refractivity contribution in [2.24, 2.45) is 5.92 Å². The lowest BCUT2D eigenvalue weighted by Gasteiger charge is -2.39. The Hall–Kier alpha value is -1.66. The summed E-state index contributed by atoms with van der Waals surface area (Å²) in [4.78, 5) is 22.0. The first-order chi connectivity index (χ1) is 11.7. The molecule has 1 aromatic heterocycles. The number of piperidine rings is 1. The van der Waals surface area contributed by atoms with Crippen molar-refractivity contribution in [3.63, 3.8) is 0 Å². The average molecular weight is 344 g/mol. The summed E-state index contributed by atoms with van der Waals surface area (Å²) in [7, 11) is 0. The van der Waals surface area contributed by atoms with Crippen molar-refractivity contribution in [2.75, 3.05) is 37.6 Å². The molecule has 1 atom stereocenters. The van der Waals surface area contributed by atoms with E-state index in [1.807, 2.05) is 6.07 Å². The third kappa shape index (κ3) is 3.00. The zero-order chi connectivity index (χ0) is 16.5. The van der Waals surface area contributed by atoms with Crippen molar-refractivity contribution >= 4 is 32.6 Å². The Morgan fingerprint density at radius 1 is 1.25 bits per heavy atom. The van der Waals surface area contributed by atoms with Crippen LogP contribution in [0, 0.1) is 5.92 Å². The predicted octanol–water partition coefficient (Wildman–Crippen LogP) is 2.33. The Labute approximate surface area is 146 Å². The minimum atomic E-state index is 0.177. The minimum Gasteiger partial charge on any atom is -0.348 e. The van der Waals surface area contributed by atoms with Crippen molar-refractivity contribution in [2.45, 2.75) is 25.8 Å². The minimum absolute atomic E-state index is 0.177. The monoisotopic (exact) mass is 344 g/mol. The van der Waals surface area contributed by atoms with E-state index in [-0.39, 0.29) is 5.92 Å². The number of anilines is 1. The summed E-state index contributed by atoms with van der Waals surface area (Å²) < 4.78 is 1.24. The number of piperazine rings is 1. The molecule has 0 unspecified atom stereocenters. The zero-order valence-electron chi connectivity index (χ0n) is 14.1. The van der Waals surface area contributed by atoms with Gasteiger partial charge < -0.3 is 15.1 Å². The molecular formula is C18H24N4OS. The highest BCUT2D eigenvalue weighted by atomic mass is 32.1. The maximum absolute atomic E-state index is 12.8. The number of nitrogens with zero attached hydrogens (tertiary/aromatic N) is 3. The Morgan fingerprint density at radius 2 is 2.04 bits per heavy atom. The van der Waals surface area contributed by atoms with Gasteiger partial charge in [-0.1, -0.05) is 23.5 Å². The Balaban J connectivity index is 1.40. The second-order valence-electron chi connectivity index (χ2n) is 6.81. The van der Waals surface area contributed by atoms with Crippen LogP contribution in [0.4, 0.5) is 5.13 Å². The number of nitrogens with one attached hydrogen (secondary N) is 1. The van der Waals surface area contributed by atoms with E-state index in [0.29, 0.717) is 11.9 Å². The SMILES string of the molecule is C[C@H]1CNCCN1C(=O)C1CCN(c2nc3ccccc3s2)CC1. The number of rotatable bonds is 2. The Bertz CT molecular complexity index is 690. The van der Waals surface area contributed by atoms with E-state index in [9.17, 15) is 4.79 Å². The lowest BCUT2D eigenvalue weighted by atomic mass is 9.94. The van der Waals surface area contributed by atoms with Crippen LogP contribution in [0.5, 0.6) is 0 Å². The molecule has 1 N–H and O–H groups in total. The van der Waals surface area contributed by atoms with Gasteiger partial charge in [-0.15, -0.1) is 0 Å². The molecule has 5 nitrogen and oxygen atoms in total. The molecule has 4 rings (SSSR count). The highest BCUT2D eigenvalue weighted by molar-refractivity contribution is 7.22. The van der Waals surface area contributed by atoms with Gasteiger partial charge in [0.15, 0.2) is 5.13 Å². The van der Waals surface area contributed by atoms with Gasteiger partial charge in [0.2, 0.25) is 5.91 Å². The summed E-state index contributed by atoms with van der Waals surface area (Å²) >= 11 is 1.75. The number of carbonyl (C=O) groups excluding carboxylic acids is 1. The Kier molecular flexibility index (Phi) is 4.41. The van der Waals surface area contributed by atoms with Crippen LogP contribution in [0.1, 0.15) is 19.8 Å². The van der Waals surface area contributed by atoms with Crippen molar-refractivity contribution < 1.29 is 4.79 Å². The molecule has 2 aliphatic heterocycles. The normalized spacial score (nSPS) is 23.0. The summed E-state index contributed by atoms with van der Waals surface area (Å²) in [5, 5.41) is 4.45. The topological polar surface area (TPSA) is 48.5 Å².